The number of rotatable bonds is 3. The van der Waals surface area contributed by atoms with Crippen LogP contribution in [0.25, 0.3) is 0 Å². The molecular weight excluding hydrogens is 285 g/mol. The molecule has 1 aliphatic rings. The highest BCUT2D eigenvalue weighted by molar-refractivity contribution is 7.16. The molecule has 4 heteroatoms. The molecule has 1 aliphatic carbocycles. The lowest BCUT2D eigenvalue weighted by molar-refractivity contribution is 0.530. The van der Waals surface area contributed by atoms with Crippen molar-refractivity contribution in [2.24, 2.45) is 0 Å². The number of halogens is 2. The van der Waals surface area contributed by atoms with Gasteiger partial charge < -0.3 is 5.32 Å². The van der Waals surface area contributed by atoms with E-state index in [4.69, 9.17) is 23.2 Å². The lowest BCUT2D eigenvalue weighted by Crippen LogP contribution is -2.18. The minimum atomic E-state index is 0.433. The Morgan fingerprint density at radius 3 is 3.00 bits per heavy atom. The van der Waals surface area contributed by atoms with Crippen molar-refractivity contribution in [2.45, 2.75) is 25.4 Å². The van der Waals surface area contributed by atoms with Crippen LogP contribution in [0.5, 0.6) is 0 Å². The largest absolute Gasteiger partial charge is 0.306 e. The second-order valence-corrected chi connectivity index (χ2v) is 6.74. The zero-order chi connectivity index (χ0) is 12.5. The Labute approximate surface area is 121 Å². The lowest BCUT2D eigenvalue weighted by atomic mass is 10.1. The van der Waals surface area contributed by atoms with E-state index in [1.807, 2.05) is 18.2 Å². The summed E-state index contributed by atoms with van der Waals surface area (Å²) < 4.78 is 0.897. The minimum absolute atomic E-state index is 0.433. The first-order chi connectivity index (χ1) is 8.72. The van der Waals surface area contributed by atoms with Gasteiger partial charge in [0.2, 0.25) is 0 Å². The van der Waals surface area contributed by atoms with Crippen LogP contribution in [0.1, 0.15) is 28.5 Å². The van der Waals surface area contributed by atoms with Crippen LogP contribution in [0.3, 0.4) is 0 Å². The average molecular weight is 298 g/mol. The van der Waals surface area contributed by atoms with Crippen LogP contribution in [-0.2, 0) is 13.0 Å². The van der Waals surface area contributed by atoms with Gasteiger partial charge in [-0.05, 0) is 42.2 Å². The van der Waals surface area contributed by atoms with Gasteiger partial charge in [0.25, 0.3) is 0 Å². The molecule has 2 aromatic rings. The smallest absolute Gasteiger partial charge is 0.0934 e. The Morgan fingerprint density at radius 2 is 2.17 bits per heavy atom. The third kappa shape index (κ3) is 2.57. The monoisotopic (exact) mass is 297 g/mol. The third-order valence-electron chi connectivity index (χ3n) is 3.29. The molecule has 0 radical (unpaired) electrons. The quantitative estimate of drug-likeness (QED) is 0.855. The van der Waals surface area contributed by atoms with Crippen molar-refractivity contribution in [2.75, 3.05) is 0 Å². The zero-order valence-electron chi connectivity index (χ0n) is 9.75. The van der Waals surface area contributed by atoms with Gasteiger partial charge in [0.05, 0.1) is 4.34 Å². The second-order valence-electron chi connectivity index (χ2n) is 4.53. The van der Waals surface area contributed by atoms with E-state index >= 15 is 0 Å². The molecule has 1 nitrogen and oxygen atoms in total. The predicted octanol–water partition coefficient (Wildman–Crippen LogP) is 4.83. The fourth-order valence-corrected chi connectivity index (χ4v) is 4.00. The van der Waals surface area contributed by atoms with Crippen LogP contribution < -0.4 is 5.32 Å². The molecule has 0 fully saturated rings. The highest BCUT2D eigenvalue weighted by atomic mass is 35.5. The summed E-state index contributed by atoms with van der Waals surface area (Å²) in [4.78, 5) is 1.43. The maximum absolute atomic E-state index is 6.05. The summed E-state index contributed by atoms with van der Waals surface area (Å²) in [5.41, 5.74) is 2.60. The van der Waals surface area contributed by atoms with Crippen LogP contribution in [0.4, 0.5) is 0 Å². The number of hydrogen-bond acceptors (Lipinski definition) is 2. The van der Waals surface area contributed by atoms with Crippen molar-refractivity contribution in [3.8, 4) is 0 Å². The molecule has 0 aliphatic heterocycles. The summed E-state index contributed by atoms with van der Waals surface area (Å²) in [6.45, 7) is 0.845. The first kappa shape index (κ1) is 12.5. The number of hydrogen-bond donors (Lipinski definition) is 1. The molecule has 94 valence electrons. The zero-order valence-corrected chi connectivity index (χ0v) is 12.1. The van der Waals surface area contributed by atoms with E-state index in [1.165, 1.54) is 22.4 Å². The standard InChI is InChI=1S/C14H13Cl2NS/c15-10-3-1-2-9(6-10)8-17-12-4-5-13-11(12)7-14(16)18-13/h1-3,6-7,12,17H,4-5,8H2. The first-order valence-corrected chi connectivity index (χ1v) is 7.55. The van der Waals surface area contributed by atoms with E-state index in [0.29, 0.717) is 6.04 Å². The number of thiophene rings is 1. The van der Waals surface area contributed by atoms with Gasteiger partial charge in [-0.1, -0.05) is 35.3 Å². The van der Waals surface area contributed by atoms with Gasteiger partial charge >= 0.3 is 0 Å². The van der Waals surface area contributed by atoms with Gasteiger partial charge in [0.1, 0.15) is 0 Å². The molecule has 1 N–H and O–H groups in total. The van der Waals surface area contributed by atoms with E-state index in [2.05, 4.69) is 17.4 Å². The van der Waals surface area contributed by atoms with Crippen molar-refractivity contribution in [1.29, 1.82) is 0 Å². The second kappa shape index (κ2) is 5.22. The summed E-state index contributed by atoms with van der Waals surface area (Å²) >= 11 is 13.7. The molecule has 3 rings (SSSR count). The molecule has 1 atom stereocenters. The topological polar surface area (TPSA) is 12.0 Å². The Balaban J connectivity index is 1.68. The van der Waals surface area contributed by atoms with E-state index < -0.39 is 0 Å². The number of nitrogens with one attached hydrogen (secondary N) is 1. The maximum Gasteiger partial charge on any atom is 0.0934 e. The molecular formula is C14H13Cl2NS. The normalized spacial score (nSPS) is 18.0. The maximum atomic E-state index is 6.05. The van der Waals surface area contributed by atoms with Gasteiger partial charge in [0, 0.05) is 22.5 Å². The average Bonchev–Trinajstić information content (AvgIpc) is 2.86. The fraction of sp³-hybridized carbons (Fsp3) is 0.286. The molecule has 1 unspecified atom stereocenters. The van der Waals surface area contributed by atoms with Crippen LogP contribution in [0.15, 0.2) is 30.3 Å². The first-order valence-electron chi connectivity index (χ1n) is 5.98. The molecule has 1 aromatic heterocycles. The van der Waals surface area contributed by atoms with E-state index in [1.54, 1.807) is 11.3 Å². The lowest BCUT2D eigenvalue weighted by Gasteiger charge is -2.13. The van der Waals surface area contributed by atoms with Gasteiger partial charge in [-0.2, -0.15) is 0 Å². The fourth-order valence-electron chi connectivity index (χ4n) is 2.43. The van der Waals surface area contributed by atoms with Crippen molar-refractivity contribution >= 4 is 34.5 Å². The predicted molar refractivity (Wildman–Crippen MR) is 78.7 cm³/mol. The third-order valence-corrected chi connectivity index (χ3v) is 4.86. The van der Waals surface area contributed by atoms with E-state index in [0.717, 1.165) is 22.3 Å². The van der Waals surface area contributed by atoms with E-state index in [9.17, 15) is 0 Å². The molecule has 0 spiro atoms. The van der Waals surface area contributed by atoms with Gasteiger partial charge in [-0.25, -0.2) is 0 Å². The Hall–Kier alpha value is -0.540. The molecule has 18 heavy (non-hydrogen) atoms. The van der Waals surface area contributed by atoms with Crippen LogP contribution in [0.2, 0.25) is 9.36 Å². The summed E-state index contributed by atoms with van der Waals surface area (Å²) in [5, 5.41) is 4.38. The Bertz CT molecular complexity index is 565. The Morgan fingerprint density at radius 1 is 1.28 bits per heavy atom. The van der Waals surface area contributed by atoms with Crippen molar-refractivity contribution in [1.82, 2.24) is 5.32 Å². The Kier molecular flexibility index (Phi) is 3.62. The number of aryl methyl sites for hydroxylation is 1. The van der Waals surface area contributed by atoms with Gasteiger partial charge in [-0.15, -0.1) is 11.3 Å². The van der Waals surface area contributed by atoms with Crippen LogP contribution in [0, 0.1) is 0 Å². The molecule has 0 saturated heterocycles. The number of fused-ring (bicyclic) bond motifs is 1. The highest BCUT2D eigenvalue weighted by Gasteiger charge is 2.24. The van der Waals surface area contributed by atoms with Crippen molar-refractivity contribution in [3.63, 3.8) is 0 Å². The summed E-state index contributed by atoms with van der Waals surface area (Å²) in [7, 11) is 0. The van der Waals surface area contributed by atoms with Crippen molar-refractivity contribution < 1.29 is 0 Å². The molecule has 0 amide bonds. The molecule has 1 heterocycles. The van der Waals surface area contributed by atoms with E-state index in [-0.39, 0.29) is 0 Å². The van der Waals surface area contributed by atoms with Gasteiger partial charge in [-0.3, -0.25) is 0 Å². The minimum Gasteiger partial charge on any atom is -0.306 e. The molecule has 0 bridgehead atoms. The summed E-state index contributed by atoms with van der Waals surface area (Å²) in [5.74, 6) is 0. The SMILES string of the molecule is Clc1cccc(CNC2CCc3sc(Cl)cc32)c1. The summed E-state index contributed by atoms with van der Waals surface area (Å²) in [6.07, 6.45) is 2.30. The highest BCUT2D eigenvalue weighted by Crippen LogP contribution is 2.39. The van der Waals surface area contributed by atoms with Crippen molar-refractivity contribution in [3.05, 3.63) is 55.7 Å². The number of benzene rings is 1. The molecule has 1 aromatic carbocycles. The molecule has 0 saturated carbocycles. The summed E-state index contributed by atoms with van der Waals surface area (Å²) in [6, 6.07) is 10.5. The van der Waals surface area contributed by atoms with Crippen LogP contribution >= 0.6 is 34.5 Å². The van der Waals surface area contributed by atoms with Crippen LogP contribution in [-0.4, -0.2) is 0 Å². The van der Waals surface area contributed by atoms with Gasteiger partial charge in [0.15, 0.2) is 0 Å².